The largest absolute Gasteiger partial charge is 0.418 e. The van der Waals surface area contributed by atoms with Crippen LogP contribution in [0.4, 0.5) is 18.9 Å². The predicted octanol–water partition coefficient (Wildman–Crippen LogP) is 2.65. The van der Waals surface area contributed by atoms with E-state index >= 15 is 0 Å². The van der Waals surface area contributed by atoms with Gasteiger partial charge in [-0.25, -0.2) is 0 Å². The Bertz CT molecular complexity index is 363. The summed E-state index contributed by atoms with van der Waals surface area (Å²) in [4.78, 5) is 1.52. The summed E-state index contributed by atoms with van der Waals surface area (Å²) in [5.74, 6) is 0. The van der Waals surface area contributed by atoms with Crippen molar-refractivity contribution in [2.24, 2.45) is 0 Å². The number of rotatable bonds is 3. The molecule has 0 aliphatic carbocycles. The van der Waals surface area contributed by atoms with Crippen molar-refractivity contribution >= 4 is 5.69 Å². The Morgan fingerprint density at radius 1 is 1.31 bits per heavy atom. The SMILES string of the molecule is CCN(C)c1ccc(CO)cc1C(F)(F)F. The van der Waals surface area contributed by atoms with E-state index in [-0.39, 0.29) is 17.9 Å². The van der Waals surface area contributed by atoms with Crippen molar-refractivity contribution in [1.82, 2.24) is 0 Å². The highest BCUT2D eigenvalue weighted by atomic mass is 19.4. The van der Waals surface area contributed by atoms with E-state index in [1.165, 1.54) is 17.0 Å². The van der Waals surface area contributed by atoms with Crippen LogP contribution in [0.5, 0.6) is 0 Å². The Morgan fingerprint density at radius 3 is 2.38 bits per heavy atom. The van der Waals surface area contributed by atoms with Crippen LogP contribution in [0.2, 0.25) is 0 Å². The second-order valence-corrected chi connectivity index (χ2v) is 3.52. The molecule has 0 radical (unpaired) electrons. The van der Waals surface area contributed by atoms with Crippen molar-refractivity contribution in [3.8, 4) is 0 Å². The molecule has 0 aliphatic heterocycles. The molecule has 0 saturated carbocycles. The maximum Gasteiger partial charge on any atom is 0.418 e. The zero-order chi connectivity index (χ0) is 12.3. The highest BCUT2D eigenvalue weighted by Crippen LogP contribution is 2.36. The van der Waals surface area contributed by atoms with Crippen molar-refractivity contribution in [2.75, 3.05) is 18.5 Å². The third kappa shape index (κ3) is 2.66. The number of aliphatic hydroxyl groups excluding tert-OH is 1. The van der Waals surface area contributed by atoms with Gasteiger partial charge in [-0.2, -0.15) is 13.2 Å². The number of nitrogens with zero attached hydrogens (tertiary/aromatic N) is 1. The van der Waals surface area contributed by atoms with Crippen LogP contribution in [0.3, 0.4) is 0 Å². The summed E-state index contributed by atoms with van der Waals surface area (Å²) in [6.45, 7) is 1.88. The lowest BCUT2D eigenvalue weighted by Crippen LogP contribution is -2.21. The maximum atomic E-state index is 12.8. The van der Waals surface area contributed by atoms with Gasteiger partial charge in [0.05, 0.1) is 12.2 Å². The zero-order valence-electron chi connectivity index (χ0n) is 9.17. The molecule has 0 bridgehead atoms. The molecule has 0 spiro atoms. The maximum absolute atomic E-state index is 12.8. The van der Waals surface area contributed by atoms with Crippen LogP contribution in [0, 0.1) is 0 Å². The fourth-order valence-corrected chi connectivity index (χ4v) is 1.41. The molecule has 0 atom stereocenters. The number of aliphatic hydroxyl groups is 1. The Morgan fingerprint density at radius 2 is 1.94 bits per heavy atom. The molecule has 0 amide bonds. The average Bonchev–Trinajstić information content (AvgIpc) is 2.26. The summed E-state index contributed by atoms with van der Waals surface area (Å²) in [5, 5.41) is 8.83. The lowest BCUT2D eigenvalue weighted by atomic mass is 10.1. The Hall–Kier alpha value is -1.23. The topological polar surface area (TPSA) is 23.5 Å². The molecule has 0 aliphatic rings. The molecule has 0 fully saturated rings. The van der Waals surface area contributed by atoms with Gasteiger partial charge in [0.25, 0.3) is 0 Å². The third-order valence-electron chi connectivity index (χ3n) is 2.43. The molecule has 0 heterocycles. The molecule has 2 nitrogen and oxygen atoms in total. The number of halogens is 3. The van der Waals surface area contributed by atoms with Gasteiger partial charge in [-0.3, -0.25) is 0 Å². The molecule has 1 N–H and O–H groups in total. The minimum atomic E-state index is -4.40. The van der Waals surface area contributed by atoms with Crippen LogP contribution in [0.1, 0.15) is 18.1 Å². The van der Waals surface area contributed by atoms with Gasteiger partial charge in [-0.1, -0.05) is 6.07 Å². The van der Waals surface area contributed by atoms with Gasteiger partial charge in [0.1, 0.15) is 0 Å². The van der Waals surface area contributed by atoms with E-state index in [9.17, 15) is 13.2 Å². The van der Waals surface area contributed by atoms with E-state index in [2.05, 4.69) is 0 Å². The van der Waals surface area contributed by atoms with E-state index in [4.69, 9.17) is 5.11 Å². The van der Waals surface area contributed by atoms with Crippen molar-refractivity contribution in [1.29, 1.82) is 0 Å². The van der Waals surface area contributed by atoms with Crippen molar-refractivity contribution < 1.29 is 18.3 Å². The molecular weight excluding hydrogens is 219 g/mol. The second-order valence-electron chi connectivity index (χ2n) is 3.52. The predicted molar refractivity (Wildman–Crippen MR) is 56.3 cm³/mol. The Kier molecular flexibility index (Phi) is 3.80. The summed E-state index contributed by atoms with van der Waals surface area (Å²) >= 11 is 0. The first kappa shape index (κ1) is 12.8. The van der Waals surface area contributed by atoms with Gasteiger partial charge in [0.2, 0.25) is 0 Å². The molecule has 90 valence electrons. The van der Waals surface area contributed by atoms with Crippen LogP contribution in [-0.2, 0) is 12.8 Å². The minimum absolute atomic E-state index is 0.132. The standard InChI is InChI=1S/C11H14F3NO/c1-3-15(2)10-5-4-8(7-16)6-9(10)11(12,13)14/h4-6,16H,3,7H2,1-2H3. The second kappa shape index (κ2) is 4.74. The molecular formula is C11H14F3NO. The summed E-state index contributed by atoms with van der Waals surface area (Å²) in [6, 6.07) is 3.87. The van der Waals surface area contributed by atoms with Gasteiger partial charge in [-0.15, -0.1) is 0 Å². The highest BCUT2D eigenvalue weighted by Gasteiger charge is 2.34. The van der Waals surface area contributed by atoms with E-state index < -0.39 is 11.7 Å². The number of hydrogen-bond donors (Lipinski definition) is 1. The zero-order valence-corrected chi connectivity index (χ0v) is 9.17. The summed E-state index contributed by atoms with van der Waals surface area (Å²) in [7, 11) is 1.60. The van der Waals surface area contributed by atoms with E-state index in [0.29, 0.717) is 6.54 Å². The first-order valence-electron chi connectivity index (χ1n) is 4.92. The van der Waals surface area contributed by atoms with Crippen LogP contribution in [0.15, 0.2) is 18.2 Å². The van der Waals surface area contributed by atoms with E-state index in [1.807, 2.05) is 0 Å². The smallest absolute Gasteiger partial charge is 0.392 e. The van der Waals surface area contributed by atoms with Gasteiger partial charge in [0, 0.05) is 19.3 Å². The summed E-state index contributed by atoms with van der Waals surface area (Å²) in [6.07, 6.45) is -4.40. The monoisotopic (exact) mass is 233 g/mol. The quantitative estimate of drug-likeness (QED) is 0.867. The van der Waals surface area contributed by atoms with Crippen molar-refractivity contribution in [2.45, 2.75) is 19.7 Å². The molecule has 0 aromatic heterocycles. The molecule has 16 heavy (non-hydrogen) atoms. The van der Waals surface area contributed by atoms with Crippen molar-refractivity contribution in [3.05, 3.63) is 29.3 Å². The number of benzene rings is 1. The average molecular weight is 233 g/mol. The van der Waals surface area contributed by atoms with Crippen LogP contribution in [-0.4, -0.2) is 18.7 Å². The molecule has 5 heteroatoms. The molecule has 1 aromatic rings. The first-order valence-corrected chi connectivity index (χ1v) is 4.92. The lowest BCUT2D eigenvalue weighted by Gasteiger charge is -2.22. The van der Waals surface area contributed by atoms with Gasteiger partial charge in [-0.05, 0) is 24.6 Å². The number of alkyl halides is 3. The number of anilines is 1. The highest BCUT2D eigenvalue weighted by molar-refractivity contribution is 5.55. The number of hydrogen-bond acceptors (Lipinski definition) is 2. The fraction of sp³-hybridized carbons (Fsp3) is 0.455. The summed E-state index contributed by atoms with van der Waals surface area (Å²) in [5.41, 5.74) is -0.309. The third-order valence-corrected chi connectivity index (χ3v) is 2.43. The van der Waals surface area contributed by atoms with E-state index in [0.717, 1.165) is 6.07 Å². The normalized spacial score (nSPS) is 11.6. The molecule has 0 saturated heterocycles. The summed E-state index contributed by atoms with van der Waals surface area (Å²) < 4.78 is 38.3. The van der Waals surface area contributed by atoms with Gasteiger partial charge in [0.15, 0.2) is 0 Å². The molecule has 0 unspecified atom stereocenters. The van der Waals surface area contributed by atoms with Crippen molar-refractivity contribution in [3.63, 3.8) is 0 Å². The Labute approximate surface area is 92.3 Å². The first-order chi connectivity index (χ1) is 7.40. The Balaban J connectivity index is 3.27. The van der Waals surface area contributed by atoms with Gasteiger partial charge >= 0.3 is 6.18 Å². The molecule has 1 rings (SSSR count). The van der Waals surface area contributed by atoms with E-state index in [1.54, 1.807) is 14.0 Å². The fourth-order valence-electron chi connectivity index (χ4n) is 1.41. The lowest BCUT2D eigenvalue weighted by molar-refractivity contribution is -0.137. The minimum Gasteiger partial charge on any atom is -0.392 e. The van der Waals surface area contributed by atoms with Crippen LogP contribution < -0.4 is 4.90 Å². The van der Waals surface area contributed by atoms with Gasteiger partial charge < -0.3 is 10.0 Å². The van der Waals surface area contributed by atoms with Crippen LogP contribution in [0.25, 0.3) is 0 Å². The molecule has 1 aromatic carbocycles. The van der Waals surface area contributed by atoms with Crippen LogP contribution >= 0.6 is 0 Å².